The van der Waals surface area contributed by atoms with E-state index in [-0.39, 0.29) is 24.4 Å². The van der Waals surface area contributed by atoms with Crippen LogP contribution in [0.2, 0.25) is 0 Å². The third kappa shape index (κ3) is 2.58. The monoisotopic (exact) mass is 207 g/mol. The molecule has 0 aromatic carbocycles. The molecule has 0 bridgehead atoms. The van der Waals surface area contributed by atoms with Crippen molar-refractivity contribution in [1.29, 1.82) is 0 Å². The van der Waals surface area contributed by atoms with E-state index in [1.165, 1.54) is 7.11 Å². The fraction of sp³-hybridized carbons (Fsp3) is 0.889. The first kappa shape index (κ1) is 12.7. The van der Waals surface area contributed by atoms with E-state index >= 15 is 0 Å². The molecular formula is C9H18ClNO2. The van der Waals surface area contributed by atoms with Crippen LogP contribution in [0.4, 0.5) is 0 Å². The molecule has 0 aromatic heterocycles. The minimum atomic E-state index is -0.532. The van der Waals surface area contributed by atoms with Gasteiger partial charge in [-0.2, -0.15) is 0 Å². The first-order chi connectivity index (χ1) is 5.50. The standard InChI is InChI=1S/C9H17NO2.ClH/c1-9(2,8(11)12-3)7(10)6-4-5-6;/h6-7H,4-5,10H2,1-3H3;1H. The van der Waals surface area contributed by atoms with Crippen LogP contribution >= 0.6 is 12.4 Å². The largest absolute Gasteiger partial charge is 0.469 e. The molecule has 0 aliphatic heterocycles. The second kappa shape index (κ2) is 4.29. The maximum atomic E-state index is 11.3. The normalized spacial score (nSPS) is 18.8. The highest BCUT2D eigenvalue weighted by atomic mass is 35.5. The predicted molar refractivity (Wildman–Crippen MR) is 53.7 cm³/mol. The zero-order valence-corrected chi connectivity index (χ0v) is 9.19. The summed E-state index contributed by atoms with van der Waals surface area (Å²) in [5, 5.41) is 0. The summed E-state index contributed by atoms with van der Waals surface area (Å²) in [6, 6.07) is -0.0510. The highest BCUT2D eigenvalue weighted by Crippen LogP contribution is 2.39. The van der Waals surface area contributed by atoms with Crippen molar-refractivity contribution in [3.05, 3.63) is 0 Å². The molecule has 0 radical (unpaired) electrons. The summed E-state index contributed by atoms with van der Waals surface area (Å²) < 4.78 is 4.70. The Bertz CT molecular complexity index is 190. The Morgan fingerprint density at radius 1 is 1.54 bits per heavy atom. The lowest BCUT2D eigenvalue weighted by atomic mass is 9.82. The zero-order chi connectivity index (χ0) is 9.35. The highest BCUT2D eigenvalue weighted by molar-refractivity contribution is 5.85. The van der Waals surface area contributed by atoms with Crippen molar-refractivity contribution in [3.8, 4) is 0 Å². The summed E-state index contributed by atoms with van der Waals surface area (Å²) >= 11 is 0. The molecule has 1 rings (SSSR count). The summed E-state index contributed by atoms with van der Waals surface area (Å²) in [5.41, 5.74) is 5.40. The number of hydrogen-bond acceptors (Lipinski definition) is 3. The molecule has 0 heterocycles. The van der Waals surface area contributed by atoms with Crippen LogP contribution in [0, 0.1) is 11.3 Å². The van der Waals surface area contributed by atoms with E-state index in [9.17, 15) is 4.79 Å². The van der Waals surface area contributed by atoms with Gasteiger partial charge in [-0.3, -0.25) is 4.79 Å². The van der Waals surface area contributed by atoms with E-state index < -0.39 is 5.41 Å². The van der Waals surface area contributed by atoms with Crippen molar-refractivity contribution in [2.45, 2.75) is 32.7 Å². The second-order valence-electron chi connectivity index (χ2n) is 4.08. The van der Waals surface area contributed by atoms with Crippen LogP contribution in [0.15, 0.2) is 0 Å². The van der Waals surface area contributed by atoms with E-state index in [0.717, 1.165) is 12.8 Å². The first-order valence-electron chi connectivity index (χ1n) is 4.34. The predicted octanol–water partition coefficient (Wildman–Crippen LogP) is 1.34. The molecule has 4 heteroatoms. The first-order valence-corrected chi connectivity index (χ1v) is 4.34. The Morgan fingerprint density at radius 3 is 2.31 bits per heavy atom. The van der Waals surface area contributed by atoms with Crippen molar-refractivity contribution >= 4 is 18.4 Å². The average Bonchev–Trinajstić information content (AvgIpc) is 2.83. The summed E-state index contributed by atoms with van der Waals surface area (Å²) in [7, 11) is 1.41. The van der Waals surface area contributed by atoms with Gasteiger partial charge >= 0.3 is 5.97 Å². The van der Waals surface area contributed by atoms with Crippen LogP contribution in [0.5, 0.6) is 0 Å². The number of methoxy groups -OCH3 is 1. The van der Waals surface area contributed by atoms with Gasteiger partial charge < -0.3 is 10.5 Å². The van der Waals surface area contributed by atoms with Crippen molar-refractivity contribution in [1.82, 2.24) is 0 Å². The fourth-order valence-electron chi connectivity index (χ4n) is 1.44. The molecule has 1 aliphatic rings. The van der Waals surface area contributed by atoms with Gasteiger partial charge in [-0.15, -0.1) is 12.4 Å². The summed E-state index contributed by atoms with van der Waals surface area (Å²) in [4.78, 5) is 11.3. The number of halogens is 1. The zero-order valence-electron chi connectivity index (χ0n) is 8.37. The summed E-state index contributed by atoms with van der Waals surface area (Å²) in [6.45, 7) is 3.70. The SMILES string of the molecule is COC(=O)C(C)(C)C(N)C1CC1.Cl. The van der Waals surface area contributed by atoms with Gasteiger partial charge in [0, 0.05) is 6.04 Å². The van der Waals surface area contributed by atoms with Crippen LogP contribution in [0.3, 0.4) is 0 Å². The Morgan fingerprint density at radius 2 is 2.00 bits per heavy atom. The van der Waals surface area contributed by atoms with Gasteiger partial charge in [0.05, 0.1) is 12.5 Å². The third-order valence-corrected chi connectivity index (χ3v) is 2.67. The molecule has 13 heavy (non-hydrogen) atoms. The van der Waals surface area contributed by atoms with Crippen LogP contribution in [0.1, 0.15) is 26.7 Å². The van der Waals surface area contributed by atoms with E-state index in [1.54, 1.807) is 0 Å². The summed E-state index contributed by atoms with van der Waals surface area (Å²) in [5.74, 6) is 0.320. The van der Waals surface area contributed by atoms with Crippen LogP contribution in [0.25, 0.3) is 0 Å². The molecular weight excluding hydrogens is 190 g/mol. The van der Waals surface area contributed by atoms with Gasteiger partial charge in [-0.25, -0.2) is 0 Å². The highest BCUT2D eigenvalue weighted by Gasteiger charge is 2.43. The maximum absolute atomic E-state index is 11.3. The lowest BCUT2D eigenvalue weighted by molar-refractivity contribution is -0.152. The number of rotatable bonds is 3. The van der Waals surface area contributed by atoms with Crippen molar-refractivity contribution in [2.75, 3.05) is 7.11 Å². The van der Waals surface area contributed by atoms with Crippen LogP contribution in [-0.4, -0.2) is 19.1 Å². The minimum absolute atomic E-state index is 0. The molecule has 3 nitrogen and oxygen atoms in total. The molecule has 0 amide bonds. The smallest absolute Gasteiger partial charge is 0.312 e. The van der Waals surface area contributed by atoms with Crippen LogP contribution < -0.4 is 5.73 Å². The Labute approximate surface area is 85.4 Å². The Balaban J connectivity index is 0.00000144. The molecule has 78 valence electrons. The number of esters is 1. The molecule has 0 spiro atoms. The molecule has 1 aliphatic carbocycles. The molecule has 1 unspecified atom stereocenters. The quantitative estimate of drug-likeness (QED) is 0.711. The number of carbonyl (C=O) groups excluding carboxylic acids is 1. The van der Waals surface area contributed by atoms with Crippen molar-refractivity contribution in [2.24, 2.45) is 17.1 Å². The topological polar surface area (TPSA) is 52.3 Å². The van der Waals surface area contributed by atoms with E-state index in [2.05, 4.69) is 0 Å². The Hall–Kier alpha value is -0.280. The van der Waals surface area contributed by atoms with E-state index in [0.29, 0.717) is 5.92 Å². The number of ether oxygens (including phenoxy) is 1. The van der Waals surface area contributed by atoms with Crippen molar-refractivity contribution < 1.29 is 9.53 Å². The van der Waals surface area contributed by atoms with Gasteiger partial charge in [-0.05, 0) is 32.6 Å². The molecule has 2 N–H and O–H groups in total. The maximum Gasteiger partial charge on any atom is 0.312 e. The van der Waals surface area contributed by atoms with Crippen molar-refractivity contribution in [3.63, 3.8) is 0 Å². The molecule has 1 fully saturated rings. The number of nitrogens with two attached hydrogens (primary N) is 1. The molecule has 0 aromatic rings. The van der Waals surface area contributed by atoms with Crippen LogP contribution in [-0.2, 0) is 9.53 Å². The lowest BCUT2D eigenvalue weighted by Crippen LogP contribution is -2.45. The van der Waals surface area contributed by atoms with Gasteiger partial charge in [0.1, 0.15) is 0 Å². The van der Waals surface area contributed by atoms with Gasteiger partial charge in [0.15, 0.2) is 0 Å². The van der Waals surface area contributed by atoms with Gasteiger partial charge in [0.25, 0.3) is 0 Å². The minimum Gasteiger partial charge on any atom is -0.469 e. The molecule has 1 saturated carbocycles. The molecule has 1 atom stereocenters. The third-order valence-electron chi connectivity index (χ3n) is 2.67. The summed E-state index contributed by atoms with van der Waals surface area (Å²) in [6.07, 6.45) is 2.31. The fourth-order valence-corrected chi connectivity index (χ4v) is 1.44. The van der Waals surface area contributed by atoms with E-state index in [1.807, 2.05) is 13.8 Å². The Kier molecular flexibility index (Phi) is 4.20. The number of carbonyl (C=O) groups is 1. The second-order valence-corrected chi connectivity index (χ2v) is 4.08. The van der Waals surface area contributed by atoms with Gasteiger partial charge in [-0.1, -0.05) is 0 Å². The molecule has 0 saturated heterocycles. The average molecular weight is 208 g/mol. The van der Waals surface area contributed by atoms with E-state index in [4.69, 9.17) is 10.5 Å². The lowest BCUT2D eigenvalue weighted by Gasteiger charge is -2.28. The number of hydrogen-bond donors (Lipinski definition) is 1. The van der Waals surface area contributed by atoms with Gasteiger partial charge in [0.2, 0.25) is 0 Å².